The Kier molecular flexibility index (Phi) is 6.27. The van der Waals surface area contributed by atoms with Crippen molar-refractivity contribution >= 4 is 34.0 Å². The molecule has 1 atom stereocenters. The van der Waals surface area contributed by atoms with Crippen LogP contribution >= 0.6 is 0 Å². The summed E-state index contributed by atoms with van der Waals surface area (Å²) >= 11 is -0.902. The molecule has 1 spiro atoms. The molecule has 7 rings (SSSR count). The average Bonchev–Trinajstić information content (AvgIpc) is 3.74. The zero-order chi connectivity index (χ0) is 27.6. The number of fused-ring (bicyclic) bond motifs is 4. The van der Waals surface area contributed by atoms with Gasteiger partial charge in [0.25, 0.3) is 0 Å². The van der Waals surface area contributed by atoms with E-state index >= 15 is 0 Å². The summed E-state index contributed by atoms with van der Waals surface area (Å²) < 4.78 is 15.7. The molecule has 0 bridgehead atoms. The first kappa shape index (κ1) is 25.8. The fraction of sp³-hybridized carbons (Fsp3) is 0.433. The third-order valence-electron chi connectivity index (χ3n) is 9.15. The highest BCUT2D eigenvalue weighted by atomic mass is 32.2. The molecule has 208 valence electrons. The minimum atomic E-state index is -0.902. The van der Waals surface area contributed by atoms with Gasteiger partial charge in [0.2, 0.25) is 5.91 Å². The highest BCUT2D eigenvalue weighted by molar-refractivity contribution is 7.88. The van der Waals surface area contributed by atoms with Crippen LogP contribution in [0.3, 0.4) is 0 Å². The van der Waals surface area contributed by atoms with Crippen LogP contribution in [0.4, 0.5) is 5.69 Å². The summed E-state index contributed by atoms with van der Waals surface area (Å²) in [5.41, 5.74) is 7.84. The molecule has 1 unspecified atom stereocenters. The third kappa shape index (κ3) is 4.00. The van der Waals surface area contributed by atoms with Gasteiger partial charge in [-0.15, -0.1) is 4.31 Å². The number of aromatic amines is 1. The molecule has 2 aliphatic heterocycles. The first-order chi connectivity index (χ1) is 19.4. The van der Waals surface area contributed by atoms with E-state index in [2.05, 4.69) is 39.2 Å². The van der Waals surface area contributed by atoms with E-state index in [1.54, 1.807) is 6.26 Å². The molecule has 1 amide bonds. The van der Waals surface area contributed by atoms with E-state index in [1.165, 1.54) is 5.56 Å². The lowest BCUT2D eigenvalue weighted by Crippen LogP contribution is -2.47. The van der Waals surface area contributed by atoms with Crippen molar-refractivity contribution in [1.82, 2.24) is 29.0 Å². The zero-order valence-electron chi connectivity index (χ0n) is 23.3. The van der Waals surface area contributed by atoms with Gasteiger partial charge in [0.15, 0.2) is 0 Å². The Morgan fingerprint density at radius 1 is 1.02 bits per heavy atom. The second-order valence-corrected chi connectivity index (χ2v) is 12.9. The van der Waals surface area contributed by atoms with Crippen molar-refractivity contribution in [2.45, 2.75) is 37.6 Å². The molecular formula is C30H35N7O2S. The standard InChI is InChI=1S/C30H35N7O2S/c1-34-19-22(16-32-34)27-24(21-8-6-20(7-9-21)18-36-12-14-37(15-13-36)40(3)39)25-26-23(17-31-28(25)33-27)35(2)29(38)30(26)10-4-5-11-30/h6-9,16-17,19H,4-5,10-15,18H2,1-3H3,(H,31,33). The number of likely N-dealkylation sites (N-methyl/N-ethyl adjacent to an activating group) is 1. The number of rotatable bonds is 5. The smallest absolute Gasteiger partial charge is 0.237 e. The molecule has 10 heteroatoms. The van der Waals surface area contributed by atoms with Gasteiger partial charge in [-0.1, -0.05) is 37.1 Å². The summed E-state index contributed by atoms with van der Waals surface area (Å²) in [6.45, 7) is 4.36. The van der Waals surface area contributed by atoms with E-state index < -0.39 is 16.8 Å². The molecule has 1 saturated carbocycles. The predicted molar refractivity (Wildman–Crippen MR) is 158 cm³/mol. The SMILES string of the molecule is CN1C(=O)C2(CCCC2)c2c1cnc1[nH]c(-c3cnn(C)c3)c(-c3ccc(CN4CCN([S+](C)[O-])CC4)cc3)c21. The Bertz CT molecular complexity index is 1580. The maximum Gasteiger partial charge on any atom is 0.237 e. The monoisotopic (exact) mass is 557 g/mol. The normalized spacial score (nSPS) is 20.2. The lowest BCUT2D eigenvalue weighted by molar-refractivity contribution is -0.122. The summed E-state index contributed by atoms with van der Waals surface area (Å²) in [6.07, 6.45) is 11.4. The number of hydrogen-bond donors (Lipinski definition) is 1. The molecule has 5 heterocycles. The summed E-state index contributed by atoms with van der Waals surface area (Å²) in [5.74, 6) is 0.201. The molecule has 1 aromatic carbocycles. The zero-order valence-corrected chi connectivity index (χ0v) is 24.1. The van der Waals surface area contributed by atoms with E-state index in [-0.39, 0.29) is 5.91 Å². The van der Waals surface area contributed by atoms with Crippen molar-refractivity contribution < 1.29 is 9.35 Å². The average molecular weight is 558 g/mol. The number of nitrogens with one attached hydrogen (secondary N) is 1. The minimum absolute atomic E-state index is 0.201. The molecule has 1 saturated heterocycles. The van der Waals surface area contributed by atoms with Crippen molar-refractivity contribution in [3.8, 4) is 22.4 Å². The molecule has 9 nitrogen and oxygen atoms in total. The number of carbonyl (C=O) groups is 1. The van der Waals surface area contributed by atoms with Gasteiger partial charge < -0.3 is 14.4 Å². The molecule has 3 aliphatic rings. The lowest BCUT2D eigenvalue weighted by Gasteiger charge is -2.33. The molecule has 1 aliphatic carbocycles. The fourth-order valence-electron chi connectivity index (χ4n) is 7.10. The Morgan fingerprint density at radius 2 is 1.75 bits per heavy atom. The molecule has 2 fully saturated rings. The Hall–Kier alpha value is -3.18. The van der Waals surface area contributed by atoms with Gasteiger partial charge in [-0.05, 0) is 24.0 Å². The number of aromatic nitrogens is 4. The number of anilines is 1. The Morgan fingerprint density at radius 3 is 2.40 bits per heavy atom. The second kappa shape index (κ2) is 9.73. The van der Waals surface area contributed by atoms with Crippen LogP contribution < -0.4 is 4.90 Å². The Labute approximate surface area is 237 Å². The van der Waals surface area contributed by atoms with Gasteiger partial charge >= 0.3 is 0 Å². The first-order valence-electron chi connectivity index (χ1n) is 14.1. The number of amides is 1. The molecular weight excluding hydrogens is 522 g/mol. The number of carbonyl (C=O) groups excluding carboxylic acids is 1. The Balaban J connectivity index is 1.32. The lowest BCUT2D eigenvalue weighted by atomic mass is 9.78. The maximum atomic E-state index is 13.7. The van der Waals surface area contributed by atoms with E-state index in [9.17, 15) is 9.35 Å². The van der Waals surface area contributed by atoms with Crippen molar-refractivity contribution in [3.63, 3.8) is 0 Å². The molecule has 1 N–H and O–H groups in total. The number of pyridine rings is 1. The van der Waals surface area contributed by atoms with Crippen LogP contribution in [0.2, 0.25) is 0 Å². The number of hydrogen-bond acceptors (Lipinski definition) is 6. The van der Waals surface area contributed by atoms with Gasteiger partial charge in [0, 0.05) is 73.4 Å². The van der Waals surface area contributed by atoms with Crippen LogP contribution in [0.5, 0.6) is 0 Å². The van der Waals surface area contributed by atoms with Crippen LogP contribution in [0.1, 0.15) is 36.8 Å². The quantitative estimate of drug-likeness (QED) is 0.375. The first-order valence-corrected chi connectivity index (χ1v) is 15.6. The fourth-order valence-corrected chi connectivity index (χ4v) is 7.78. The van der Waals surface area contributed by atoms with Crippen molar-refractivity contribution in [3.05, 3.63) is 54.0 Å². The van der Waals surface area contributed by atoms with Crippen molar-refractivity contribution in [2.24, 2.45) is 7.05 Å². The number of piperazine rings is 1. The second-order valence-electron chi connectivity index (χ2n) is 11.5. The summed E-state index contributed by atoms with van der Waals surface area (Å²) in [4.78, 5) is 26.4. The minimum Gasteiger partial charge on any atom is -0.598 e. The van der Waals surface area contributed by atoms with Crippen LogP contribution in [-0.4, -0.2) is 78.9 Å². The van der Waals surface area contributed by atoms with Gasteiger partial charge in [0.05, 0.1) is 42.3 Å². The van der Waals surface area contributed by atoms with E-state index in [1.807, 2.05) is 46.6 Å². The summed E-state index contributed by atoms with van der Waals surface area (Å²) in [7, 11) is 3.82. The number of nitrogens with zero attached hydrogens (tertiary/aromatic N) is 6. The van der Waals surface area contributed by atoms with Crippen molar-refractivity contribution in [2.75, 3.05) is 44.4 Å². The summed E-state index contributed by atoms with van der Waals surface area (Å²) in [5, 5.41) is 5.51. The predicted octanol–water partition coefficient (Wildman–Crippen LogP) is 3.83. The summed E-state index contributed by atoms with van der Waals surface area (Å²) in [6, 6.07) is 8.84. The highest BCUT2D eigenvalue weighted by Gasteiger charge is 2.53. The highest BCUT2D eigenvalue weighted by Crippen LogP contribution is 2.55. The molecule has 4 aromatic rings. The topological polar surface area (TPSA) is 96.3 Å². The number of H-pyrrole nitrogens is 1. The molecule has 0 radical (unpaired) electrons. The van der Waals surface area contributed by atoms with Gasteiger partial charge in [0.1, 0.15) is 11.9 Å². The largest absolute Gasteiger partial charge is 0.598 e. The molecule has 3 aromatic heterocycles. The van der Waals surface area contributed by atoms with Crippen LogP contribution in [0, 0.1) is 0 Å². The molecule has 40 heavy (non-hydrogen) atoms. The van der Waals surface area contributed by atoms with Crippen molar-refractivity contribution in [1.29, 1.82) is 0 Å². The maximum absolute atomic E-state index is 13.7. The van der Waals surface area contributed by atoms with E-state index in [0.717, 1.165) is 103 Å². The van der Waals surface area contributed by atoms with Crippen LogP contribution in [0.25, 0.3) is 33.4 Å². The van der Waals surface area contributed by atoms with E-state index in [4.69, 9.17) is 4.98 Å². The third-order valence-corrected chi connectivity index (χ3v) is 10.2. The number of benzene rings is 1. The van der Waals surface area contributed by atoms with Crippen LogP contribution in [0.15, 0.2) is 42.9 Å². The number of aryl methyl sites for hydroxylation is 1. The van der Waals surface area contributed by atoms with E-state index in [0.29, 0.717) is 0 Å². The van der Waals surface area contributed by atoms with Gasteiger partial charge in [-0.25, -0.2) is 4.98 Å². The van der Waals surface area contributed by atoms with Crippen LogP contribution in [-0.2, 0) is 35.2 Å². The van der Waals surface area contributed by atoms with Gasteiger partial charge in [-0.3, -0.25) is 14.4 Å². The van der Waals surface area contributed by atoms with Gasteiger partial charge in [-0.2, -0.15) is 5.10 Å².